The standard InChI is InChI=1S/C15H29NO3/c1-10(2)8-13(12-9-11(12)6-7-17)16(14(18)19)15(3,4)5/h10-13,17H,6-9H2,1-5H3,(H,18,19)/t11?,12?,13-/m0/s1. The lowest BCUT2D eigenvalue weighted by Crippen LogP contribution is -2.52. The van der Waals surface area contributed by atoms with E-state index in [1.807, 2.05) is 20.8 Å². The van der Waals surface area contributed by atoms with Gasteiger partial charge in [-0.15, -0.1) is 0 Å². The highest BCUT2D eigenvalue weighted by Gasteiger charge is 2.48. The van der Waals surface area contributed by atoms with Crippen molar-refractivity contribution < 1.29 is 15.0 Å². The van der Waals surface area contributed by atoms with Gasteiger partial charge in [0.15, 0.2) is 0 Å². The van der Waals surface area contributed by atoms with E-state index in [-0.39, 0.29) is 18.2 Å². The number of carboxylic acid groups (broad SMARTS) is 1. The van der Waals surface area contributed by atoms with Gasteiger partial charge < -0.3 is 15.1 Å². The van der Waals surface area contributed by atoms with Crippen LogP contribution in [0.25, 0.3) is 0 Å². The lowest BCUT2D eigenvalue weighted by Gasteiger charge is -2.41. The number of carbonyl (C=O) groups is 1. The molecule has 0 heterocycles. The molecule has 1 aliphatic rings. The van der Waals surface area contributed by atoms with Gasteiger partial charge in [-0.25, -0.2) is 4.79 Å². The van der Waals surface area contributed by atoms with Gasteiger partial charge in [0, 0.05) is 18.2 Å². The lowest BCUT2D eigenvalue weighted by atomic mass is 9.93. The van der Waals surface area contributed by atoms with Crippen molar-refractivity contribution in [2.75, 3.05) is 6.61 Å². The lowest BCUT2D eigenvalue weighted by molar-refractivity contribution is 0.0524. The Bertz CT molecular complexity index is 309. The first-order valence-corrected chi connectivity index (χ1v) is 7.31. The molecule has 1 saturated carbocycles. The summed E-state index contributed by atoms with van der Waals surface area (Å²) in [5.74, 6) is 1.40. The number of amides is 1. The van der Waals surface area contributed by atoms with Crippen molar-refractivity contribution in [2.45, 2.75) is 65.5 Å². The summed E-state index contributed by atoms with van der Waals surface area (Å²) in [5.41, 5.74) is -0.377. The van der Waals surface area contributed by atoms with E-state index < -0.39 is 6.09 Å². The third-order valence-corrected chi connectivity index (χ3v) is 3.94. The first-order valence-electron chi connectivity index (χ1n) is 7.31. The van der Waals surface area contributed by atoms with Crippen LogP contribution in [0.1, 0.15) is 53.9 Å². The van der Waals surface area contributed by atoms with Crippen LogP contribution < -0.4 is 0 Å². The van der Waals surface area contributed by atoms with Crippen LogP contribution in [0.15, 0.2) is 0 Å². The maximum atomic E-state index is 11.6. The largest absolute Gasteiger partial charge is 0.465 e. The molecule has 19 heavy (non-hydrogen) atoms. The van der Waals surface area contributed by atoms with E-state index >= 15 is 0 Å². The molecule has 4 nitrogen and oxygen atoms in total. The molecular weight excluding hydrogens is 242 g/mol. The van der Waals surface area contributed by atoms with E-state index in [1.54, 1.807) is 4.90 Å². The van der Waals surface area contributed by atoms with Crippen LogP contribution in [0.3, 0.4) is 0 Å². The van der Waals surface area contributed by atoms with Gasteiger partial charge in [0.2, 0.25) is 0 Å². The van der Waals surface area contributed by atoms with Crippen molar-refractivity contribution in [2.24, 2.45) is 17.8 Å². The monoisotopic (exact) mass is 271 g/mol. The van der Waals surface area contributed by atoms with E-state index in [9.17, 15) is 9.90 Å². The van der Waals surface area contributed by atoms with Crippen LogP contribution in [0.4, 0.5) is 4.79 Å². The molecule has 1 amide bonds. The molecule has 2 unspecified atom stereocenters. The Morgan fingerprint density at radius 3 is 2.32 bits per heavy atom. The van der Waals surface area contributed by atoms with Gasteiger partial charge in [0.25, 0.3) is 0 Å². The highest BCUT2D eigenvalue weighted by molar-refractivity contribution is 5.66. The summed E-state index contributed by atoms with van der Waals surface area (Å²) in [5, 5.41) is 18.6. The molecule has 0 bridgehead atoms. The number of aliphatic hydroxyl groups excluding tert-OH is 1. The van der Waals surface area contributed by atoms with Crippen LogP contribution >= 0.6 is 0 Å². The molecule has 0 aromatic heterocycles. The molecule has 0 aliphatic heterocycles. The van der Waals surface area contributed by atoms with Crippen LogP contribution in [-0.4, -0.2) is 39.4 Å². The summed E-state index contributed by atoms with van der Waals surface area (Å²) < 4.78 is 0. The van der Waals surface area contributed by atoms with E-state index in [0.29, 0.717) is 17.8 Å². The molecule has 3 atom stereocenters. The Labute approximate surface area is 116 Å². The van der Waals surface area contributed by atoms with E-state index in [4.69, 9.17) is 5.11 Å². The summed E-state index contributed by atoms with van der Waals surface area (Å²) in [6, 6.07) is 0.0778. The molecule has 1 fully saturated rings. The zero-order valence-electron chi connectivity index (χ0n) is 12.9. The second kappa shape index (κ2) is 6.12. The molecule has 1 rings (SSSR count). The summed E-state index contributed by atoms with van der Waals surface area (Å²) in [6.45, 7) is 10.4. The molecule has 0 aromatic rings. The van der Waals surface area contributed by atoms with Gasteiger partial charge in [-0.1, -0.05) is 13.8 Å². The SMILES string of the molecule is CC(C)C[C@@H](C1CC1CCO)N(C(=O)O)C(C)(C)C. The zero-order valence-corrected chi connectivity index (χ0v) is 12.9. The van der Waals surface area contributed by atoms with Crippen LogP contribution in [-0.2, 0) is 0 Å². The van der Waals surface area contributed by atoms with Crippen LogP contribution in [0, 0.1) is 17.8 Å². The Morgan fingerprint density at radius 1 is 1.37 bits per heavy atom. The number of aliphatic hydroxyl groups is 1. The summed E-state index contributed by atoms with van der Waals surface area (Å²) >= 11 is 0. The first kappa shape index (κ1) is 16.3. The quantitative estimate of drug-likeness (QED) is 0.780. The normalized spacial score (nSPS) is 24.4. The Balaban J connectivity index is 2.86. The summed E-state index contributed by atoms with van der Waals surface area (Å²) in [4.78, 5) is 13.3. The van der Waals surface area contributed by atoms with E-state index in [2.05, 4.69) is 13.8 Å². The molecule has 0 spiro atoms. The molecule has 4 heteroatoms. The van der Waals surface area contributed by atoms with Gasteiger partial charge in [-0.3, -0.25) is 0 Å². The topological polar surface area (TPSA) is 60.8 Å². The van der Waals surface area contributed by atoms with Gasteiger partial charge >= 0.3 is 6.09 Å². The fourth-order valence-electron chi connectivity index (χ4n) is 3.12. The molecule has 0 radical (unpaired) electrons. The molecule has 2 N–H and O–H groups in total. The summed E-state index contributed by atoms with van der Waals surface area (Å²) in [7, 11) is 0. The van der Waals surface area contributed by atoms with E-state index in [0.717, 1.165) is 19.3 Å². The Morgan fingerprint density at radius 2 is 1.95 bits per heavy atom. The highest BCUT2D eigenvalue weighted by atomic mass is 16.4. The fraction of sp³-hybridized carbons (Fsp3) is 0.933. The molecule has 0 saturated heterocycles. The minimum absolute atomic E-state index is 0.0778. The average molecular weight is 271 g/mol. The fourth-order valence-corrected chi connectivity index (χ4v) is 3.12. The number of hydrogen-bond donors (Lipinski definition) is 2. The third-order valence-electron chi connectivity index (χ3n) is 3.94. The molecule has 0 aromatic carbocycles. The van der Waals surface area contributed by atoms with Gasteiger partial charge in [-0.2, -0.15) is 0 Å². The maximum absolute atomic E-state index is 11.6. The minimum Gasteiger partial charge on any atom is -0.465 e. The van der Waals surface area contributed by atoms with Gasteiger partial charge in [0.05, 0.1) is 0 Å². The Kier molecular flexibility index (Phi) is 5.25. The van der Waals surface area contributed by atoms with Crippen molar-refractivity contribution in [1.82, 2.24) is 4.90 Å². The van der Waals surface area contributed by atoms with Crippen molar-refractivity contribution in [3.05, 3.63) is 0 Å². The van der Waals surface area contributed by atoms with Crippen molar-refractivity contribution in [3.63, 3.8) is 0 Å². The van der Waals surface area contributed by atoms with Crippen molar-refractivity contribution >= 4 is 6.09 Å². The number of rotatable bonds is 6. The molecular formula is C15H29NO3. The third kappa shape index (κ3) is 4.37. The van der Waals surface area contributed by atoms with Gasteiger partial charge in [-0.05, 0) is 57.8 Å². The first-order chi connectivity index (χ1) is 8.68. The minimum atomic E-state index is -0.826. The second-order valence-electron chi connectivity index (χ2n) is 7.19. The van der Waals surface area contributed by atoms with Crippen molar-refractivity contribution in [3.8, 4) is 0 Å². The van der Waals surface area contributed by atoms with Gasteiger partial charge in [0.1, 0.15) is 0 Å². The number of nitrogens with zero attached hydrogens (tertiary/aromatic N) is 1. The summed E-state index contributed by atoms with van der Waals surface area (Å²) in [6.07, 6.45) is 1.93. The smallest absolute Gasteiger partial charge is 0.407 e. The van der Waals surface area contributed by atoms with Crippen LogP contribution in [0.5, 0.6) is 0 Å². The molecule has 1 aliphatic carbocycles. The molecule has 112 valence electrons. The van der Waals surface area contributed by atoms with E-state index in [1.165, 1.54) is 0 Å². The predicted octanol–water partition coefficient (Wildman–Crippen LogP) is 3.20. The maximum Gasteiger partial charge on any atom is 0.407 e. The zero-order chi connectivity index (χ0) is 14.8. The number of hydrogen-bond acceptors (Lipinski definition) is 2. The van der Waals surface area contributed by atoms with Crippen molar-refractivity contribution in [1.29, 1.82) is 0 Å². The van der Waals surface area contributed by atoms with Crippen LogP contribution in [0.2, 0.25) is 0 Å². The average Bonchev–Trinajstić information content (AvgIpc) is 2.93. The predicted molar refractivity (Wildman–Crippen MR) is 76.2 cm³/mol. The Hall–Kier alpha value is -0.770. The highest BCUT2D eigenvalue weighted by Crippen LogP contribution is 2.48. The second-order valence-corrected chi connectivity index (χ2v) is 7.19.